The van der Waals surface area contributed by atoms with Gasteiger partial charge >= 0.3 is 0 Å². The predicted octanol–water partition coefficient (Wildman–Crippen LogP) is 3.46. The number of aromatic nitrogens is 3. The number of para-hydroxylation sites is 2. The number of fused-ring (bicyclic) bond motifs is 2. The molecule has 0 aliphatic carbocycles. The standard InChI is InChI=1S/C23H24FN5O/c1-3-28-14-16(23-25-18-6-4-5-7-19(18)26-23)22(30)15-12-17(24)21(13-20(15)28)29-10-8-27(2)9-11-29/h4-7,12-14H,3,8-11H2,1-2H3,(H,25,26). The zero-order chi connectivity index (χ0) is 20.8. The van der Waals surface area contributed by atoms with Crippen molar-refractivity contribution >= 4 is 27.6 Å². The van der Waals surface area contributed by atoms with Crippen LogP contribution in [0.3, 0.4) is 0 Å². The summed E-state index contributed by atoms with van der Waals surface area (Å²) < 4.78 is 17.1. The van der Waals surface area contributed by atoms with Gasteiger partial charge < -0.3 is 19.4 Å². The monoisotopic (exact) mass is 405 g/mol. The third kappa shape index (κ3) is 3.06. The van der Waals surface area contributed by atoms with Gasteiger partial charge in [-0.25, -0.2) is 9.37 Å². The Morgan fingerprint density at radius 1 is 1.13 bits per heavy atom. The lowest BCUT2D eigenvalue weighted by molar-refractivity contribution is 0.312. The van der Waals surface area contributed by atoms with Crippen molar-refractivity contribution in [3.8, 4) is 11.4 Å². The number of nitrogens with one attached hydrogen (secondary N) is 1. The number of rotatable bonds is 3. The Morgan fingerprint density at radius 2 is 1.90 bits per heavy atom. The van der Waals surface area contributed by atoms with Crippen molar-refractivity contribution in [1.29, 1.82) is 0 Å². The van der Waals surface area contributed by atoms with Gasteiger partial charge in [-0.1, -0.05) is 12.1 Å². The summed E-state index contributed by atoms with van der Waals surface area (Å²) in [7, 11) is 2.07. The van der Waals surface area contributed by atoms with Crippen LogP contribution in [0.5, 0.6) is 0 Å². The first-order valence-electron chi connectivity index (χ1n) is 10.3. The number of hydrogen-bond donors (Lipinski definition) is 1. The number of piperazine rings is 1. The van der Waals surface area contributed by atoms with Crippen LogP contribution in [0.1, 0.15) is 6.92 Å². The van der Waals surface area contributed by atoms with E-state index in [0.29, 0.717) is 29.0 Å². The first-order chi connectivity index (χ1) is 14.5. The van der Waals surface area contributed by atoms with Gasteiger partial charge in [0.05, 0.1) is 27.8 Å². The molecule has 1 aliphatic heterocycles. The minimum Gasteiger partial charge on any atom is -0.367 e. The second-order valence-corrected chi connectivity index (χ2v) is 7.87. The molecule has 0 bridgehead atoms. The number of aryl methyl sites for hydroxylation is 1. The smallest absolute Gasteiger partial charge is 0.200 e. The van der Waals surface area contributed by atoms with Crippen molar-refractivity contribution in [2.75, 3.05) is 38.1 Å². The molecule has 30 heavy (non-hydrogen) atoms. The van der Waals surface area contributed by atoms with E-state index < -0.39 is 0 Å². The highest BCUT2D eigenvalue weighted by Gasteiger charge is 2.21. The molecule has 1 saturated heterocycles. The molecular weight excluding hydrogens is 381 g/mol. The first kappa shape index (κ1) is 18.8. The highest BCUT2D eigenvalue weighted by Crippen LogP contribution is 2.28. The van der Waals surface area contributed by atoms with Crippen LogP contribution in [0.15, 0.2) is 47.4 Å². The Morgan fingerprint density at radius 3 is 2.63 bits per heavy atom. The molecule has 7 heteroatoms. The first-order valence-corrected chi connectivity index (χ1v) is 10.3. The number of likely N-dealkylation sites (N-methyl/N-ethyl adjacent to an activating group) is 1. The largest absolute Gasteiger partial charge is 0.367 e. The van der Waals surface area contributed by atoms with E-state index >= 15 is 4.39 Å². The Bertz CT molecular complexity index is 1270. The number of anilines is 1. The van der Waals surface area contributed by atoms with Gasteiger partial charge in [0, 0.05) is 44.3 Å². The van der Waals surface area contributed by atoms with Crippen LogP contribution in [0.4, 0.5) is 10.1 Å². The molecule has 1 aliphatic rings. The molecule has 0 radical (unpaired) electrons. The molecular formula is C23H24FN5O. The molecule has 5 rings (SSSR count). The lowest BCUT2D eigenvalue weighted by atomic mass is 10.1. The number of H-pyrrole nitrogens is 1. The number of nitrogens with zero attached hydrogens (tertiary/aromatic N) is 4. The third-order valence-corrected chi connectivity index (χ3v) is 5.98. The van der Waals surface area contributed by atoms with Crippen molar-refractivity contribution in [2.45, 2.75) is 13.5 Å². The van der Waals surface area contributed by atoms with Gasteiger partial charge in [0.25, 0.3) is 0 Å². The van der Waals surface area contributed by atoms with E-state index in [9.17, 15) is 4.79 Å². The van der Waals surface area contributed by atoms with Crippen LogP contribution in [0, 0.1) is 5.82 Å². The fraction of sp³-hybridized carbons (Fsp3) is 0.304. The van der Waals surface area contributed by atoms with E-state index in [2.05, 4.69) is 26.8 Å². The van der Waals surface area contributed by atoms with E-state index in [-0.39, 0.29) is 11.2 Å². The topological polar surface area (TPSA) is 57.2 Å². The summed E-state index contributed by atoms with van der Waals surface area (Å²) in [5.74, 6) is 0.155. The quantitative estimate of drug-likeness (QED) is 0.567. The van der Waals surface area contributed by atoms with Gasteiger partial charge in [-0.05, 0) is 38.2 Å². The summed E-state index contributed by atoms with van der Waals surface area (Å²) in [6.07, 6.45) is 1.83. The van der Waals surface area contributed by atoms with Crippen LogP contribution < -0.4 is 10.3 Å². The lowest BCUT2D eigenvalue weighted by Crippen LogP contribution is -2.44. The van der Waals surface area contributed by atoms with Crippen molar-refractivity contribution < 1.29 is 4.39 Å². The Kier molecular flexibility index (Phi) is 4.55. The SMILES string of the molecule is CCn1cc(-c2nc3ccccc3[nH]2)c(=O)c2cc(F)c(N3CCN(C)CC3)cc21. The minimum atomic E-state index is -0.353. The van der Waals surface area contributed by atoms with Gasteiger partial charge in [0.2, 0.25) is 0 Å². The third-order valence-electron chi connectivity index (χ3n) is 5.98. The molecule has 154 valence electrons. The average molecular weight is 405 g/mol. The Labute approximate surface area is 173 Å². The predicted molar refractivity (Wildman–Crippen MR) is 119 cm³/mol. The lowest BCUT2D eigenvalue weighted by Gasteiger charge is -2.34. The maximum Gasteiger partial charge on any atom is 0.200 e. The molecule has 1 N–H and O–H groups in total. The number of imidazole rings is 1. The van der Waals surface area contributed by atoms with E-state index in [0.717, 1.165) is 42.7 Å². The molecule has 6 nitrogen and oxygen atoms in total. The van der Waals surface area contributed by atoms with E-state index in [4.69, 9.17) is 0 Å². The molecule has 0 amide bonds. The molecule has 2 aromatic carbocycles. The molecule has 0 spiro atoms. The van der Waals surface area contributed by atoms with E-state index in [1.165, 1.54) is 6.07 Å². The molecule has 0 saturated carbocycles. The molecule has 2 aromatic heterocycles. The van der Waals surface area contributed by atoms with E-state index in [1.807, 2.05) is 48.0 Å². The summed E-state index contributed by atoms with van der Waals surface area (Å²) in [4.78, 5) is 25.4. The number of pyridine rings is 1. The number of aromatic amines is 1. The maximum absolute atomic E-state index is 15.1. The second kappa shape index (κ2) is 7.25. The van der Waals surface area contributed by atoms with Crippen LogP contribution >= 0.6 is 0 Å². The van der Waals surface area contributed by atoms with Crippen molar-refractivity contribution in [3.63, 3.8) is 0 Å². The summed E-state index contributed by atoms with van der Waals surface area (Å²) >= 11 is 0. The Hall–Kier alpha value is -3.19. The number of halogens is 1. The zero-order valence-corrected chi connectivity index (χ0v) is 17.2. The number of benzene rings is 2. The van der Waals surface area contributed by atoms with Gasteiger partial charge in [-0.2, -0.15) is 0 Å². The molecule has 1 fully saturated rings. The summed E-state index contributed by atoms with van der Waals surface area (Å²) in [6.45, 7) is 6.01. The second-order valence-electron chi connectivity index (χ2n) is 7.87. The molecule has 3 heterocycles. The fourth-order valence-electron chi connectivity index (χ4n) is 4.20. The highest BCUT2D eigenvalue weighted by molar-refractivity contribution is 5.87. The molecule has 0 atom stereocenters. The van der Waals surface area contributed by atoms with Crippen LogP contribution in [0.25, 0.3) is 33.3 Å². The highest BCUT2D eigenvalue weighted by atomic mass is 19.1. The molecule has 0 unspecified atom stereocenters. The van der Waals surface area contributed by atoms with Crippen molar-refractivity contribution in [2.24, 2.45) is 0 Å². The summed E-state index contributed by atoms with van der Waals surface area (Å²) in [5.41, 5.74) is 3.22. The summed E-state index contributed by atoms with van der Waals surface area (Å²) in [5, 5.41) is 0.380. The van der Waals surface area contributed by atoms with Gasteiger partial charge in [-0.15, -0.1) is 0 Å². The van der Waals surface area contributed by atoms with Crippen molar-refractivity contribution in [1.82, 2.24) is 19.4 Å². The zero-order valence-electron chi connectivity index (χ0n) is 17.2. The minimum absolute atomic E-state index is 0.211. The fourth-order valence-corrected chi connectivity index (χ4v) is 4.20. The van der Waals surface area contributed by atoms with Crippen LogP contribution in [-0.4, -0.2) is 52.7 Å². The van der Waals surface area contributed by atoms with Gasteiger partial charge in [0.1, 0.15) is 11.6 Å². The van der Waals surface area contributed by atoms with Gasteiger partial charge in [0.15, 0.2) is 5.43 Å². The maximum atomic E-state index is 15.1. The van der Waals surface area contributed by atoms with E-state index in [1.54, 1.807) is 0 Å². The normalized spacial score (nSPS) is 15.4. The van der Waals surface area contributed by atoms with Crippen LogP contribution in [0.2, 0.25) is 0 Å². The van der Waals surface area contributed by atoms with Crippen molar-refractivity contribution in [3.05, 3.63) is 58.6 Å². The van der Waals surface area contributed by atoms with Gasteiger partial charge in [-0.3, -0.25) is 4.79 Å². The number of hydrogen-bond acceptors (Lipinski definition) is 4. The summed E-state index contributed by atoms with van der Waals surface area (Å²) in [6, 6.07) is 10.9. The Balaban J connectivity index is 1.67. The van der Waals surface area contributed by atoms with Crippen LogP contribution in [-0.2, 0) is 6.54 Å². The average Bonchev–Trinajstić information content (AvgIpc) is 3.19. The molecule has 4 aromatic rings.